The van der Waals surface area contributed by atoms with E-state index in [4.69, 9.17) is 0 Å². The molecule has 0 saturated carbocycles. The zero-order valence-corrected chi connectivity index (χ0v) is 24.3. The monoisotopic (exact) mass is 534 g/mol. The fourth-order valence-corrected chi connectivity index (χ4v) is 5.96. The Hall–Kier alpha value is -4.56. The predicted octanol–water partition coefficient (Wildman–Crippen LogP) is 10.7. The largest absolute Gasteiger partial charge is 0.315 e. The topological polar surface area (TPSA) is 6.48 Å². The molecule has 2 nitrogen and oxygen atoms in total. The van der Waals surface area contributed by atoms with Crippen LogP contribution in [0.1, 0.15) is 44.2 Å². The molecule has 0 aromatic heterocycles. The first kappa shape index (κ1) is 26.7. The second-order valence-corrected chi connectivity index (χ2v) is 11.4. The lowest BCUT2D eigenvalue weighted by Gasteiger charge is -2.35. The Morgan fingerprint density at radius 2 is 1.27 bits per heavy atom. The molecule has 0 bridgehead atoms. The highest BCUT2D eigenvalue weighted by Crippen LogP contribution is 2.40. The van der Waals surface area contributed by atoms with E-state index in [1.807, 2.05) is 0 Å². The van der Waals surface area contributed by atoms with E-state index in [2.05, 4.69) is 170 Å². The molecule has 0 aliphatic heterocycles. The number of hydrogen-bond acceptors (Lipinski definition) is 2. The lowest BCUT2D eigenvalue weighted by Crippen LogP contribution is -2.27. The molecule has 1 unspecified atom stereocenters. The minimum atomic E-state index is -0.0674. The smallest absolute Gasteiger partial charge is 0.0464 e. The van der Waals surface area contributed by atoms with Crippen molar-refractivity contribution in [2.24, 2.45) is 0 Å². The van der Waals surface area contributed by atoms with Gasteiger partial charge in [0.1, 0.15) is 0 Å². The van der Waals surface area contributed by atoms with Crippen molar-refractivity contribution in [3.63, 3.8) is 0 Å². The number of allylic oxidation sites excluding steroid dienone is 7. The summed E-state index contributed by atoms with van der Waals surface area (Å²) in [5.74, 6) is 0. The first-order chi connectivity index (χ1) is 20.0. The van der Waals surface area contributed by atoms with Crippen LogP contribution >= 0.6 is 0 Å². The molecule has 41 heavy (non-hydrogen) atoms. The van der Waals surface area contributed by atoms with Crippen LogP contribution in [0.25, 0.3) is 0 Å². The molecule has 2 aliphatic carbocycles. The van der Waals surface area contributed by atoms with Gasteiger partial charge in [-0.05, 0) is 105 Å². The van der Waals surface area contributed by atoms with Crippen molar-refractivity contribution in [1.82, 2.24) is 0 Å². The molecule has 2 aliphatic rings. The summed E-state index contributed by atoms with van der Waals surface area (Å²) in [6.45, 7) is 6.70. The van der Waals surface area contributed by atoms with Crippen LogP contribution in [0.3, 0.4) is 0 Å². The molecule has 4 aromatic rings. The van der Waals surface area contributed by atoms with E-state index in [-0.39, 0.29) is 5.41 Å². The van der Waals surface area contributed by atoms with Gasteiger partial charge in [0.2, 0.25) is 0 Å². The van der Waals surface area contributed by atoms with Crippen molar-refractivity contribution in [2.45, 2.75) is 45.4 Å². The van der Waals surface area contributed by atoms with Crippen LogP contribution in [0.2, 0.25) is 0 Å². The minimum absolute atomic E-state index is 0.0674. The summed E-state index contributed by atoms with van der Waals surface area (Å²) in [5.41, 5.74) is 11.2. The first-order valence-corrected chi connectivity index (χ1v) is 14.6. The summed E-state index contributed by atoms with van der Waals surface area (Å²) in [4.78, 5) is 4.77. The van der Waals surface area contributed by atoms with Crippen molar-refractivity contribution in [3.05, 3.63) is 168 Å². The third kappa shape index (κ3) is 5.69. The van der Waals surface area contributed by atoms with Gasteiger partial charge in [-0.2, -0.15) is 0 Å². The van der Waals surface area contributed by atoms with Crippen LogP contribution in [0.4, 0.5) is 22.7 Å². The molecule has 0 heterocycles. The van der Waals surface area contributed by atoms with E-state index in [0.29, 0.717) is 0 Å². The molecule has 0 saturated heterocycles. The van der Waals surface area contributed by atoms with E-state index < -0.39 is 0 Å². The van der Waals surface area contributed by atoms with Gasteiger partial charge in [-0.3, -0.25) is 0 Å². The molecular formula is C39H38N2. The summed E-state index contributed by atoms with van der Waals surface area (Å²) in [7, 11) is 0. The Morgan fingerprint density at radius 1 is 0.634 bits per heavy atom. The Bertz CT molecular complexity index is 1620. The summed E-state index contributed by atoms with van der Waals surface area (Å²) < 4.78 is 0. The van der Waals surface area contributed by atoms with Crippen LogP contribution in [-0.4, -0.2) is 0 Å². The lowest BCUT2D eigenvalue weighted by atomic mass is 9.76. The van der Waals surface area contributed by atoms with Crippen LogP contribution in [0.5, 0.6) is 0 Å². The fraction of sp³-hybridized carbons (Fsp3) is 0.179. The highest BCUT2D eigenvalue weighted by Gasteiger charge is 2.28. The van der Waals surface area contributed by atoms with Gasteiger partial charge in [0, 0.05) is 39.6 Å². The van der Waals surface area contributed by atoms with Gasteiger partial charge < -0.3 is 9.80 Å². The number of benzene rings is 4. The molecular weight excluding hydrogens is 496 g/mol. The second-order valence-electron chi connectivity index (χ2n) is 11.4. The van der Waals surface area contributed by atoms with Crippen molar-refractivity contribution in [2.75, 3.05) is 9.80 Å². The van der Waals surface area contributed by atoms with Crippen molar-refractivity contribution in [3.8, 4) is 0 Å². The van der Waals surface area contributed by atoms with E-state index in [0.717, 1.165) is 30.6 Å². The SMILES string of the molecule is CC1=CCCC(N(C2=CCC(C)(c3ccc(N(c4ccccc4)c4cccc(C)c4)cc3)C=C2)c2ccccc2)=C1. The summed E-state index contributed by atoms with van der Waals surface area (Å²) in [6, 6.07) is 39.2. The zero-order chi connectivity index (χ0) is 28.2. The number of para-hydroxylation sites is 2. The standard InChI is InChI=1S/C39H38N2/c1-30-12-10-18-37(28-30)40(33-14-6-4-7-15-33)35-22-20-32(21-23-35)39(3)26-24-36(25-27-39)41(34-16-8-5-9-17-34)38-19-11-13-31(2)29-38/h4-10,12-18,20-26,28-29H,11,19,27H2,1-3H3. The number of rotatable bonds is 7. The summed E-state index contributed by atoms with van der Waals surface area (Å²) in [6.07, 6.45) is 14.9. The van der Waals surface area contributed by atoms with Gasteiger partial charge in [-0.15, -0.1) is 0 Å². The molecule has 4 aromatic carbocycles. The molecule has 0 spiro atoms. The molecule has 0 fully saturated rings. The average molecular weight is 535 g/mol. The summed E-state index contributed by atoms with van der Waals surface area (Å²) >= 11 is 0. The maximum atomic E-state index is 2.44. The molecule has 204 valence electrons. The second kappa shape index (κ2) is 11.5. The van der Waals surface area contributed by atoms with Crippen molar-refractivity contribution < 1.29 is 0 Å². The Balaban J connectivity index is 1.29. The van der Waals surface area contributed by atoms with E-state index >= 15 is 0 Å². The van der Waals surface area contributed by atoms with Gasteiger partial charge in [-0.25, -0.2) is 0 Å². The zero-order valence-electron chi connectivity index (χ0n) is 24.3. The van der Waals surface area contributed by atoms with E-state index in [1.54, 1.807) is 0 Å². The van der Waals surface area contributed by atoms with E-state index in [9.17, 15) is 0 Å². The molecule has 0 radical (unpaired) electrons. The van der Waals surface area contributed by atoms with Crippen molar-refractivity contribution >= 4 is 22.7 Å². The third-order valence-corrected chi connectivity index (χ3v) is 8.24. The Kier molecular flexibility index (Phi) is 7.48. The van der Waals surface area contributed by atoms with Gasteiger partial charge in [0.05, 0.1) is 0 Å². The molecule has 6 rings (SSSR count). The van der Waals surface area contributed by atoms with Gasteiger partial charge in [0.25, 0.3) is 0 Å². The average Bonchev–Trinajstić information content (AvgIpc) is 3.00. The summed E-state index contributed by atoms with van der Waals surface area (Å²) in [5, 5.41) is 0. The normalized spacial score (nSPS) is 18.3. The van der Waals surface area contributed by atoms with Crippen molar-refractivity contribution in [1.29, 1.82) is 0 Å². The van der Waals surface area contributed by atoms with Gasteiger partial charge >= 0.3 is 0 Å². The highest BCUT2D eigenvalue weighted by atomic mass is 15.2. The molecule has 0 amide bonds. The number of anilines is 4. The number of nitrogens with zero attached hydrogens (tertiary/aromatic N) is 2. The lowest BCUT2D eigenvalue weighted by molar-refractivity contribution is 0.594. The molecule has 2 heteroatoms. The van der Waals surface area contributed by atoms with Crippen LogP contribution < -0.4 is 9.80 Å². The first-order valence-electron chi connectivity index (χ1n) is 14.6. The Labute approximate surface area is 245 Å². The van der Waals surface area contributed by atoms with Crippen LogP contribution in [-0.2, 0) is 5.41 Å². The molecule has 1 atom stereocenters. The maximum Gasteiger partial charge on any atom is 0.0464 e. The number of aryl methyl sites for hydroxylation is 1. The highest BCUT2D eigenvalue weighted by molar-refractivity contribution is 5.77. The quantitative estimate of drug-likeness (QED) is 0.233. The maximum absolute atomic E-state index is 2.44. The third-order valence-electron chi connectivity index (χ3n) is 8.24. The predicted molar refractivity (Wildman–Crippen MR) is 175 cm³/mol. The molecule has 0 N–H and O–H groups in total. The fourth-order valence-electron chi connectivity index (χ4n) is 5.96. The minimum Gasteiger partial charge on any atom is -0.315 e. The van der Waals surface area contributed by atoms with Gasteiger partial charge in [-0.1, -0.05) is 91.4 Å². The van der Waals surface area contributed by atoms with Gasteiger partial charge in [0.15, 0.2) is 0 Å². The Morgan fingerprint density at radius 3 is 1.88 bits per heavy atom. The van der Waals surface area contributed by atoms with E-state index in [1.165, 1.54) is 39.5 Å². The van der Waals surface area contributed by atoms with Crippen LogP contribution in [0, 0.1) is 6.92 Å². The van der Waals surface area contributed by atoms with Crippen LogP contribution in [0.15, 0.2) is 157 Å². The number of hydrogen-bond donors (Lipinski definition) is 0.